The van der Waals surface area contributed by atoms with Gasteiger partial charge >= 0.3 is 6.03 Å². The lowest BCUT2D eigenvalue weighted by molar-refractivity contribution is -0.114. The molecule has 3 aromatic heterocycles. The van der Waals surface area contributed by atoms with E-state index in [1.165, 1.54) is 4.90 Å². The molecule has 0 atom stereocenters. The Morgan fingerprint density at radius 3 is 2.90 bits per heavy atom. The number of carbonyl (C=O) groups is 2. The zero-order valence-electron chi connectivity index (χ0n) is 21.9. The van der Waals surface area contributed by atoms with Crippen molar-refractivity contribution >= 4 is 39.6 Å². The number of nitrogens with one attached hydrogen (secondary N) is 1. The van der Waals surface area contributed by atoms with Gasteiger partial charge in [0.2, 0.25) is 0 Å². The summed E-state index contributed by atoms with van der Waals surface area (Å²) in [5.41, 5.74) is 5.47. The minimum Gasteiger partial charge on any atom is -0.373 e. The van der Waals surface area contributed by atoms with Crippen molar-refractivity contribution in [1.29, 1.82) is 5.26 Å². The number of nitrogens with zero attached hydrogens (tertiary/aromatic N) is 6. The maximum absolute atomic E-state index is 14.2. The average Bonchev–Trinajstić information content (AvgIpc) is 3.58. The molecule has 3 aliphatic heterocycles. The smallest absolute Gasteiger partial charge is 0.320 e. The number of carbonyl (C=O) groups excluding carboxylic acids is 2. The lowest BCUT2D eigenvalue weighted by Crippen LogP contribution is -2.48. The van der Waals surface area contributed by atoms with Gasteiger partial charge in [-0.05, 0) is 29.8 Å². The van der Waals surface area contributed by atoms with Crippen molar-refractivity contribution < 1.29 is 23.1 Å². The SMILES string of the molecule is N#Cc1cc2c3c(c1)c(C1=C(c4cnc5ccccn45)CNC1=O)cn3CCN(C(=O)N1CCOCC(F)(F)C1)C2. The van der Waals surface area contributed by atoms with E-state index in [0.717, 1.165) is 32.7 Å². The number of halogens is 2. The third-order valence-electron chi connectivity index (χ3n) is 7.88. The molecule has 6 heterocycles. The second kappa shape index (κ2) is 9.42. The first-order chi connectivity index (χ1) is 19.8. The van der Waals surface area contributed by atoms with Gasteiger partial charge in [-0.25, -0.2) is 18.6 Å². The Bertz CT molecular complexity index is 1820. The number of pyridine rings is 1. The van der Waals surface area contributed by atoms with Gasteiger partial charge in [0.15, 0.2) is 0 Å². The first-order valence-electron chi connectivity index (χ1n) is 13.3. The first-order valence-corrected chi connectivity index (χ1v) is 13.3. The maximum Gasteiger partial charge on any atom is 0.320 e. The molecule has 0 spiro atoms. The number of ether oxygens (including phenoxy) is 1. The summed E-state index contributed by atoms with van der Waals surface area (Å²) in [5.74, 6) is -3.34. The van der Waals surface area contributed by atoms with Crippen LogP contribution in [-0.2, 0) is 22.6 Å². The highest BCUT2D eigenvalue weighted by Gasteiger charge is 2.38. The Kier molecular flexibility index (Phi) is 5.79. The standard InChI is InChI=1S/C29H25F2N7O3/c30-29(31)16-37(7-8-41-17-29)28(40)36-6-5-35-15-22(20-10-18(11-32)9-19(14-36)26(20)35)25-21(12-34-27(25)39)23-13-33-24-3-1-2-4-38(23)24/h1-4,9-10,13,15H,5-8,12,14,16-17H2,(H,34,39). The average molecular weight is 558 g/mol. The molecule has 10 nitrogen and oxygen atoms in total. The van der Waals surface area contributed by atoms with Crippen LogP contribution in [0, 0.1) is 11.3 Å². The zero-order chi connectivity index (χ0) is 28.3. The number of amides is 3. The highest BCUT2D eigenvalue weighted by Crippen LogP contribution is 2.38. The Morgan fingerprint density at radius 1 is 1.17 bits per heavy atom. The number of aromatic nitrogens is 3. The third kappa shape index (κ3) is 4.20. The molecule has 7 rings (SSSR count). The Balaban J connectivity index is 1.32. The van der Waals surface area contributed by atoms with Crippen LogP contribution < -0.4 is 5.32 Å². The molecule has 1 aromatic carbocycles. The molecule has 0 radical (unpaired) electrons. The van der Waals surface area contributed by atoms with Crippen LogP contribution in [0.4, 0.5) is 13.6 Å². The van der Waals surface area contributed by atoms with Gasteiger partial charge in [-0.2, -0.15) is 5.26 Å². The topological polar surface area (TPSA) is 108 Å². The van der Waals surface area contributed by atoms with E-state index in [9.17, 15) is 23.6 Å². The molecule has 3 aliphatic rings. The van der Waals surface area contributed by atoms with E-state index in [2.05, 4.69) is 16.4 Å². The third-order valence-corrected chi connectivity index (χ3v) is 7.88. The van der Waals surface area contributed by atoms with E-state index in [0.29, 0.717) is 35.4 Å². The van der Waals surface area contributed by atoms with E-state index < -0.39 is 25.1 Å². The second-order valence-electron chi connectivity index (χ2n) is 10.5. The number of hydrogen-bond acceptors (Lipinski definition) is 5. The summed E-state index contributed by atoms with van der Waals surface area (Å²) in [4.78, 5) is 33.9. The fourth-order valence-corrected chi connectivity index (χ4v) is 6.07. The van der Waals surface area contributed by atoms with Crippen LogP contribution >= 0.6 is 0 Å². The monoisotopic (exact) mass is 557 g/mol. The van der Waals surface area contributed by atoms with Crippen molar-refractivity contribution in [3.63, 3.8) is 0 Å². The van der Waals surface area contributed by atoms with Gasteiger partial charge in [-0.3, -0.25) is 9.20 Å². The molecule has 3 amide bonds. The molecular weight excluding hydrogens is 532 g/mol. The molecule has 0 aliphatic carbocycles. The summed E-state index contributed by atoms with van der Waals surface area (Å²) in [6.45, 7) is -0.167. The Labute approximate surface area is 233 Å². The van der Waals surface area contributed by atoms with Crippen LogP contribution in [0.5, 0.6) is 0 Å². The minimum absolute atomic E-state index is 0.0404. The first kappa shape index (κ1) is 25.2. The molecule has 1 fully saturated rings. The lowest BCUT2D eigenvalue weighted by atomic mass is 9.97. The molecule has 1 saturated heterocycles. The predicted molar refractivity (Wildman–Crippen MR) is 145 cm³/mol. The van der Waals surface area contributed by atoms with Gasteiger partial charge in [0.25, 0.3) is 11.8 Å². The van der Waals surface area contributed by atoms with Crippen molar-refractivity contribution in [3.05, 3.63) is 71.3 Å². The van der Waals surface area contributed by atoms with E-state index in [-0.39, 0.29) is 32.1 Å². The van der Waals surface area contributed by atoms with Gasteiger partial charge in [0, 0.05) is 61.6 Å². The number of alkyl halides is 2. The van der Waals surface area contributed by atoms with Crippen molar-refractivity contribution in [2.45, 2.75) is 19.0 Å². The van der Waals surface area contributed by atoms with Crippen LogP contribution in [0.1, 0.15) is 22.4 Å². The number of urea groups is 1. The fraction of sp³-hybridized carbons (Fsp3) is 0.310. The Morgan fingerprint density at radius 2 is 2.05 bits per heavy atom. The van der Waals surface area contributed by atoms with Crippen LogP contribution in [-0.4, -0.2) is 81.0 Å². The van der Waals surface area contributed by atoms with Crippen molar-refractivity contribution in [1.82, 2.24) is 29.1 Å². The highest BCUT2D eigenvalue weighted by molar-refractivity contribution is 6.32. The highest BCUT2D eigenvalue weighted by atomic mass is 19.3. The quantitative estimate of drug-likeness (QED) is 0.408. The minimum atomic E-state index is -3.12. The Hall–Kier alpha value is -4.76. The summed E-state index contributed by atoms with van der Waals surface area (Å²) < 4.78 is 37.3. The molecule has 1 N–H and O–H groups in total. The van der Waals surface area contributed by atoms with Gasteiger partial charge in [-0.15, -0.1) is 0 Å². The van der Waals surface area contributed by atoms with E-state index >= 15 is 0 Å². The van der Waals surface area contributed by atoms with E-state index in [4.69, 9.17) is 4.74 Å². The van der Waals surface area contributed by atoms with Crippen LogP contribution in [0.3, 0.4) is 0 Å². The largest absolute Gasteiger partial charge is 0.373 e. The molecule has 208 valence electrons. The van der Waals surface area contributed by atoms with Crippen LogP contribution in [0.15, 0.2) is 48.9 Å². The number of benzene rings is 1. The molecule has 0 unspecified atom stereocenters. The van der Waals surface area contributed by atoms with Crippen molar-refractivity contribution in [3.8, 4) is 6.07 Å². The number of imidazole rings is 1. The summed E-state index contributed by atoms with van der Waals surface area (Å²) in [5, 5.41) is 13.5. The lowest BCUT2D eigenvalue weighted by Gasteiger charge is -2.30. The predicted octanol–water partition coefficient (Wildman–Crippen LogP) is 3.10. The van der Waals surface area contributed by atoms with Crippen LogP contribution in [0.25, 0.3) is 27.7 Å². The van der Waals surface area contributed by atoms with Gasteiger partial charge in [0.1, 0.15) is 12.3 Å². The van der Waals surface area contributed by atoms with Gasteiger partial charge in [0.05, 0.1) is 47.8 Å². The maximum atomic E-state index is 14.2. The zero-order valence-corrected chi connectivity index (χ0v) is 21.9. The van der Waals surface area contributed by atoms with Crippen molar-refractivity contribution in [2.75, 3.05) is 39.4 Å². The van der Waals surface area contributed by atoms with Gasteiger partial charge in [-0.1, -0.05) is 6.07 Å². The van der Waals surface area contributed by atoms with E-state index in [1.54, 1.807) is 18.3 Å². The van der Waals surface area contributed by atoms with E-state index in [1.807, 2.05) is 39.6 Å². The summed E-state index contributed by atoms with van der Waals surface area (Å²) >= 11 is 0. The summed E-state index contributed by atoms with van der Waals surface area (Å²) in [6.07, 6.45) is 5.54. The normalized spacial score (nSPS) is 18.9. The van der Waals surface area contributed by atoms with Crippen molar-refractivity contribution in [2.24, 2.45) is 0 Å². The molecule has 4 aromatic rings. The number of hydrogen-bond donors (Lipinski definition) is 1. The summed E-state index contributed by atoms with van der Waals surface area (Å²) in [6, 6.07) is 10.9. The molecular formula is C29H25F2N7O3. The fourth-order valence-electron chi connectivity index (χ4n) is 6.07. The molecule has 0 bridgehead atoms. The second-order valence-corrected chi connectivity index (χ2v) is 10.5. The van der Waals surface area contributed by atoms with Crippen LogP contribution in [0.2, 0.25) is 0 Å². The summed E-state index contributed by atoms with van der Waals surface area (Å²) in [7, 11) is 0. The number of rotatable bonds is 2. The number of nitriles is 1. The molecule has 0 saturated carbocycles. The molecule has 41 heavy (non-hydrogen) atoms. The van der Waals surface area contributed by atoms with Gasteiger partial charge < -0.3 is 24.4 Å². The molecule has 12 heteroatoms. The number of fused-ring (bicyclic) bond motifs is 1.